The van der Waals surface area contributed by atoms with E-state index in [1.165, 1.54) is 53.1 Å². The van der Waals surface area contributed by atoms with Crippen molar-refractivity contribution in [3.05, 3.63) is 176 Å². The Morgan fingerprint density at radius 2 is 1.06 bits per heavy atom. The number of rotatable bonds is 5. The van der Waals surface area contributed by atoms with Crippen molar-refractivity contribution < 1.29 is 4.42 Å². The zero-order valence-corrected chi connectivity index (χ0v) is 27.3. The molecular weight excluding hydrogens is 615 g/mol. The topological polar surface area (TPSA) is 16.4 Å². The fourth-order valence-corrected chi connectivity index (χ4v) is 8.60. The third-order valence-electron chi connectivity index (χ3n) is 9.66. The Labute approximate surface area is 287 Å². The first-order chi connectivity index (χ1) is 24.3. The Hall–Kier alpha value is -6.16. The zero-order valence-electron chi connectivity index (χ0n) is 26.5. The highest BCUT2D eigenvalue weighted by molar-refractivity contribution is 7.26. The van der Waals surface area contributed by atoms with Gasteiger partial charge in [-0.3, -0.25) is 0 Å². The molecule has 0 aliphatic rings. The Bertz CT molecular complexity index is 2810. The van der Waals surface area contributed by atoms with Crippen LogP contribution in [0.2, 0.25) is 0 Å². The number of thiophene rings is 1. The molecule has 0 spiro atoms. The van der Waals surface area contributed by atoms with Gasteiger partial charge in [0.2, 0.25) is 0 Å². The van der Waals surface area contributed by atoms with Gasteiger partial charge < -0.3 is 9.32 Å². The van der Waals surface area contributed by atoms with Crippen LogP contribution in [-0.4, -0.2) is 0 Å². The summed E-state index contributed by atoms with van der Waals surface area (Å²) < 4.78 is 9.21. The average molecular weight is 644 g/mol. The summed E-state index contributed by atoms with van der Waals surface area (Å²) in [5, 5.41) is 7.35. The van der Waals surface area contributed by atoms with Gasteiger partial charge in [-0.15, -0.1) is 11.3 Å². The molecule has 230 valence electrons. The summed E-state index contributed by atoms with van der Waals surface area (Å²) in [5.74, 6) is 0. The average Bonchev–Trinajstić information content (AvgIpc) is 3.74. The van der Waals surface area contributed by atoms with E-state index in [1.54, 1.807) is 0 Å². The number of hydrogen-bond donors (Lipinski definition) is 0. The van der Waals surface area contributed by atoms with E-state index in [0.29, 0.717) is 0 Å². The van der Waals surface area contributed by atoms with E-state index in [9.17, 15) is 0 Å². The fraction of sp³-hybridized carbons (Fsp3) is 0. The lowest BCUT2D eigenvalue weighted by atomic mass is 9.94. The lowest BCUT2D eigenvalue weighted by Crippen LogP contribution is -2.09. The molecule has 8 aromatic carbocycles. The maximum atomic E-state index is 6.62. The number of nitrogens with zero attached hydrogens (tertiary/aromatic N) is 1. The van der Waals surface area contributed by atoms with Crippen molar-refractivity contribution in [2.24, 2.45) is 0 Å². The summed E-state index contributed by atoms with van der Waals surface area (Å²) in [5.41, 5.74) is 9.89. The summed E-state index contributed by atoms with van der Waals surface area (Å²) >= 11 is 1.86. The minimum atomic E-state index is 0.897. The van der Waals surface area contributed by atoms with E-state index >= 15 is 0 Å². The highest BCUT2D eigenvalue weighted by Crippen LogP contribution is 2.45. The summed E-state index contributed by atoms with van der Waals surface area (Å²) in [6, 6.07) is 63.0. The second-order valence-electron chi connectivity index (χ2n) is 12.5. The molecule has 10 rings (SSSR count). The predicted molar refractivity (Wildman–Crippen MR) is 210 cm³/mol. The standard InChI is InChI=1S/C46H29NOS/c1-3-12-31(13-4-1)40-29-43-45(37-18-8-7-16-35(37)40)39-27-24-32(28-42(39)48-43)30-22-25-34(26-23-30)47(33-14-5-2-6-15-33)41-20-11-19-38-36-17-9-10-21-44(36)49-46(38)41/h1-29H. The van der Waals surface area contributed by atoms with Gasteiger partial charge in [0.1, 0.15) is 11.2 Å². The highest BCUT2D eigenvalue weighted by Gasteiger charge is 2.19. The molecule has 0 bridgehead atoms. The van der Waals surface area contributed by atoms with Crippen molar-refractivity contribution >= 4 is 81.3 Å². The Balaban J connectivity index is 1.08. The number of anilines is 3. The third-order valence-corrected chi connectivity index (χ3v) is 10.9. The first kappa shape index (κ1) is 27.9. The molecule has 2 aromatic heterocycles. The Morgan fingerprint density at radius 1 is 0.408 bits per heavy atom. The molecule has 0 radical (unpaired) electrons. The first-order valence-corrected chi connectivity index (χ1v) is 17.4. The normalized spacial score (nSPS) is 11.7. The quantitative estimate of drug-likeness (QED) is 0.186. The van der Waals surface area contributed by atoms with Crippen LogP contribution in [-0.2, 0) is 0 Å². The number of hydrogen-bond acceptors (Lipinski definition) is 3. The molecule has 0 atom stereocenters. The smallest absolute Gasteiger partial charge is 0.136 e. The summed E-state index contributed by atoms with van der Waals surface area (Å²) in [6.45, 7) is 0. The van der Waals surface area contributed by atoms with E-state index in [0.717, 1.165) is 39.1 Å². The largest absolute Gasteiger partial charge is 0.456 e. The van der Waals surface area contributed by atoms with Crippen molar-refractivity contribution in [1.29, 1.82) is 0 Å². The van der Waals surface area contributed by atoms with Gasteiger partial charge in [-0.2, -0.15) is 0 Å². The van der Waals surface area contributed by atoms with E-state index in [1.807, 2.05) is 11.3 Å². The van der Waals surface area contributed by atoms with Crippen molar-refractivity contribution in [2.75, 3.05) is 4.90 Å². The van der Waals surface area contributed by atoms with E-state index in [2.05, 4.69) is 181 Å². The molecule has 0 unspecified atom stereocenters. The molecule has 0 N–H and O–H groups in total. The molecule has 0 amide bonds. The van der Waals surface area contributed by atoms with E-state index < -0.39 is 0 Å². The minimum absolute atomic E-state index is 0.897. The van der Waals surface area contributed by atoms with Gasteiger partial charge in [0, 0.05) is 37.6 Å². The summed E-state index contributed by atoms with van der Waals surface area (Å²) in [7, 11) is 0. The second-order valence-corrected chi connectivity index (χ2v) is 13.5. The van der Waals surface area contributed by atoms with Gasteiger partial charge in [-0.1, -0.05) is 121 Å². The van der Waals surface area contributed by atoms with E-state index in [4.69, 9.17) is 4.42 Å². The highest BCUT2D eigenvalue weighted by atomic mass is 32.1. The Kier molecular flexibility index (Phi) is 6.39. The second kappa shape index (κ2) is 11.2. The molecule has 2 nitrogen and oxygen atoms in total. The van der Waals surface area contributed by atoms with Crippen LogP contribution in [0.4, 0.5) is 17.1 Å². The van der Waals surface area contributed by atoms with Crippen LogP contribution in [0.1, 0.15) is 0 Å². The lowest BCUT2D eigenvalue weighted by Gasteiger charge is -2.26. The SMILES string of the molecule is c1ccc(-c2cc3oc4cc(-c5ccc(N(c6ccccc6)c6cccc7c6sc6ccccc67)cc5)ccc4c3c3ccccc23)cc1. The predicted octanol–water partition coefficient (Wildman–Crippen LogP) is 13.9. The molecular formula is C46H29NOS. The van der Waals surface area contributed by atoms with Gasteiger partial charge in [0.15, 0.2) is 0 Å². The van der Waals surface area contributed by atoms with Crippen LogP contribution in [0.15, 0.2) is 180 Å². The van der Waals surface area contributed by atoms with Crippen LogP contribution in [0, 0.1) is 0 Å². The molecule has 49 heavy (non-hydrogen) atoms. The van der Waals surface area contributed by atoms with Gasteiger partial charge in [0.05, 0.1) is 10.4 Å². The number of benzene rings is 8. The maximum absolute atomic E-state index is 6.62. The van der Waals surface area contributed by atoms with Crippen molar-refractivity contribution in [2.45, 2.75) is 0 Å². The van der Waals surface area contributed by atoms with E-state index in [-0.39, 0.29) is 0 Å². The van der Waals surface area contributed by atoms with Crippen LogP contribution in [0.3, 0.4) is 0 Å². The molecule has 0 aliphatic heterocycles. The van der Waals surface area contributed by atoms with Gasteiger partial charge in [-0.05, 0) is 87.6 Å². The molecule has 2 heterocycles. The van der Waals surface area contributed by atoms with Crippen LogP contribution < -0.4 is 4.90 Å². The Morgan fingerprint density at radius 3 is 1.88 bits per heavy atom. The molecule has 0 fully saturated rings. The zero-order chi connectivity index (χ0) is 32.3. The van der Waals surface area contributed by atoms with Crippen molar-refractivity contribution in [3.8, 4) is 22.3 Å². The lowest BCUT2D eigenvalue weighted by molar-refractivity contribution is 0.669. The van der Waals surface area contributed by atoms with Crippen molar-refractivity contribution in [3.63, 3.8) is 0 Å². The molecule has 0 aliphatic carbocycles. The third kappa shape index (κ3) is 4.55. The molecule has 3 heteroatoms. The van der Waals surface area contributed by atoms with Gasteiger partial charge in [0.25, 0.3) is 0 Å². The molecule has 10 aromatic rings. The summed E-state index contributed by atoms with van der Waals surface area (Å²) in [4.78, 5) is 2.37. The van der Waals surface area contributed by atoms with Crippen LogP contribution in [0.25, 0.3) is 75.1 Å². The fourth-order valence-electron chi connectivity index (χ4n) is 7.39. The molecule has 0 saturated heterocycles. The number of fused-ring (bicyclic) bond motifs is 8. The van der Waals surface area contributed by atoms with Gasteiger partial charge in [-0.25, -0.2) is 0 Å². The van der Waals surface area contributed by atoms with Gasteiger partial charge >= 0.3 is 0 Å². The number of para-hydroxylation sites is 1. The van der Waals surface area contributed by atoms with Crippen LogP contribution >= 0.6 is 11.3 Å². The maximum Gasteiger partial charge on any atom is 0.136 e. The minimum Gasteiger partial charge on any atom is -0.456 e. The summed E-state index contributed by atoms with van der Waals surface area (Å²) in [6.07, 6.45) is 0. The first-order valence-electron chi connectivity index (χ1n) is 16.6. The van der Waals surface area contributed by atoms with Crippen LogP contribution in [0.5, 0.6) is 0 Å². The molecule has 0 saturated carbocycles. The monoisotopic (exact) mass is 643 g/mol. The van der Waals surface area contributed by atoms with Crippen molar-refractivity contribution in [1.82, 2.24) is 0 Å². The number of furan rings is 1.